The van der Waals surface area contributed by atoms with E-state index < -0.39 is 7.82 Å². The fourth-order valence-corrected chi connectivity index (χ4v) is 2.58. The van der Waals surface area contributed by atoms with Crippen LogP contribution in [0.15, 0.2) is 24.3 Å². The molecule has 1 aliphatic heterocycles. The molecular weight excluding hydrogens is 215 g/mol. The van der Waals surface area contributed by atoms with Crippen molar-refractivity contribution < 1.29 is 18.1 Å². The van der Waals surface area contributed by atoms with Gasteiger partial charge in [0, 0.05) is 5.56 Å². The first-order valence-electron chi connectivity index (χ1n) is 4.90. The highest BCUT2D eigenvalue weighted by molar-refractivity contribution is 7.49. The van der Waals surface area contributed by atoms with E-state index >= 15 is 0 Å². The Kier molecular flexibility index (Phi) is 3.10. The molecule has 0 radical (unpaired) electrons. The number of phosphoric ester groups is 1. The number of phosphoric acid groups is 1. The number of rotatable bonds is 3. The Morgan fingerprint density at radius 2 is 2.27 bits per heavy atom. The smallest absolute Gasteiger partial charge is 0.404 e. The summed E-state index contributed by atoms with van der Waals surface area (Å²) in [5, 5.41) is 0. The molecule has 82 valence electrons. The van der Waals surface area contributed by atoms with Gasteiger partial charge < -0.3 is 4.52 Å². The van der Waals surface area contributed by atoms with Crippen LogP contribution < -0.4 is 4.52 Å². The largest absolute Gasteiger partial charge is 0.530 e. The lowest BCUT2D eigenvalue weighted by Gasteiger charge is -2.24. The van der Waals surface area contributed by atoms with Crippen LogP contribution in [-0.4, -0.2) is 6.61 Å². The Morgan fingerprint density at radius 3 is 3.07 bits per heavy atom. The van der Waals surface area contributed by atoms with Crippen molar-refractivity contribution in [2.24, 2.45) is 0 Å². The van der Waals surface area contributed by atoms with Crippen LogP contribution in [-0.2, 0) is 20.2 Å². The van der Waals surface area contributed by atoms with Crippen molar-refractivity contribution in [1.82, 2.24) is 0 Å². The van der Waals surface area contributed by atoms with E-state index in [1.807, 2.05) is 25.1 Å². The van der Waals surface area contributed by atoms with Gasteiger partial charge in [0.15, 0.2) is 0 Å². The molecule has 1 unspecified atom stereocenters. The van der Waals surface area contributed by atoms with Crippen molar-refractivity contribution in [2.75, 3.05) is 6.61 Å². The molecule has 1 aliphatic rings. The molecule has 1 aromatic carbocycles. The van der Waals surface area contributed by atoms with E-state index in [-0.39, 0.29) is 6.61 Å². The highest BCUT2D eigenvalue weighted by Crippen LogP contribution is 2.54. The maximum absolute atomic E-state index is 11.9. The Balaban J connectivity index is 2.14. The van der Waals surface area contributed by atoms with E-state index in [4.69, 9.17) is 13.6 Å². The Bertz CT molecular complexity index is 391. The maximum Gasteiger partial charge on any atom is 0.530 e. The zero-order valence-electron chi connectivity index (χ0n) is 8.51. The first-order chi connectivity index (χ1) is 7.23. The minimum Gasteiger partial charge on any atom is -0.404 e. The number of hydrogen-bond acceptors (Lipinski definition) is 4. The second-order valence-electron chi connectivity index (χ2n) is 3.25. The predicted octanol–water partition coefficient (Wildman–Crippen LogP) is 3.13. The Morgan fingerprint density at radius 1 is 1.47 bits per heavy atom. The zero-order chi connectivity index (χ0) is 10.7. The molecule has 5 heteroatoms. The number of fused-ring (bicyclic) bond motifs is 1. The lowest BCUT2D eigenvalue weighted by Crippen LogP contribution is -2.09. The van der Waals surface area contributed by atoms with E-state index in [0.29, 0.717) is 12.4 Å². The third-order valence-electron chi connectivity index (χ3n) is 2.01. The monoisotopic (exact) mass is 228 g/mol. The summed E-state index contributed by atoms with van der Waals surface area (Å²) in [5.41, 5.74) is 0.893. The van der Waals surface area contributed by atoms with Crippen LogP contribution in [0.4, 0.5) is 0 Å². The van der Waals surface area contributed by atoms with Gasteiger partial charge in [0.1, 0.15) is 5.75 Å². The van der Waals surface area contributed by atoms with Crippen molar-refractivity contribution in [3.8, 4) is 5.75 Å². The summed E-state index contributed by atoms with van der Waals surface area (Å²) >= 11 is 0. The van der Waals surface area contributed by atoms with Gasteiger partial charge in [-0.3, -0.25) is 9.05 Å². The summed E-state index contributed by atoms with van der Waals surface area (Å²) < 4.78 is 27.3. The van der Waals surface area contributed by atoms with Gasteiger partial charge in [-0.25, -0.2) is 4.57 Å². The van der Waals surface area contributed by atoms with Gasteiger partial charge in [-0.05, 0) is 12.5 Å². The third kappa shape index (κ3) is 2.40. The molecule has 2 rings (SSSR count). The fourth-order valence-electron chi connectivity index (χ4n) is 1.27. The van der Waals surface area contributed by atoms with E-state index in [1.54, 1.807) is 6.07 Å². The minimum absolute atomic E-state index is 0.275. The van der Waals surface area contributed by atoms with Crippen LogP contribution >= 0.6 is 7.82 Å². The number of benzene rings is 1. The molecule has 0 saturated carbocycles. The number of hydrogen-bond donors (Lipinski definition) is 0. The molecule has 1 heterocycles. The molecule has 0 spiro atoms. The second kappa shape index (κ2) is 4.35. The Labute approximate surface area is 88.8 Å². The molecule has 0 saturated heterocycles. The van der Waals surface area contributed by atoms with Gasteiger partial charge in [-0.2, -0.15) is 0 Å². The van der Waals surface area contributed by atoms with Gasteiger partial charge >= 0.3 is 7.82 Å². The molecule has 0 aliphatic carbocycles. The standard InChI is InChI=1S/C10H13O4P/c1-2-7-12-15(11)13-8-9-5-3-4-6-10(9)14-15/h3-6H,2,7-8H2,1H3. The molecular formula is C10H13O4P. The topological polar surface area (TPSA) is 44.8 Å². The van der Waals surface area contributed by atoms with E-state index in [0.717, 1.165) is 12.0 Å². The van der Waals surface area contributed by atoms with Crippen LogP contribution in [0.25, 0.3) is 0 Å². The van der Waals surface area contributed by atoms with E-state index in [2.05, 4.69) is 0 Å². The van der Waals surface area contributed by atoms with E-state index in [9.17, 15) is 4.57 Å². The van der Waals surface area contributed by atoms with Gasteiger partial charge in [-0.1, -0.05) is 25.1 Å². The maximum atomic E-state index is 11.9. The fraction of sp³-hybridized carbons (Fsp3) is 0.400. The summed E-state index contributed by atoms with van der Waals surface area (Å²) in [7, 11) is -3.36. The molecule has 0 N–H and O–H groups in total. The highest BCUT2D eigenvalue weighted by atomic mass is 31.2. The highest BCUT2D eigenvalue weighted by Gasteiger charge is 2.33. The molecule has 0 aromatic heterocycles. The van der Waals surface area contributed by atoms with E-state index in [1.165, 1.54) is 0 Å². The predicted molar refractivity (Wildman–Crippen MR) is 55.7 cm³/mol. The van der Waals surface area contributed by atoms with Gasteiger partial charge in [-0.15, -0.1) is 0 Å². The van der Waals surface area contributed by atoms with Crippen molar-refractivity contribution in [3.63, 3.8) is 0 Å². The summed E-state index contributed by atoms with van der Waals surface area (Å²) in [6.07, 6.45) is 0.776. The van der Waals surface area contributed by atoms with Crippen LogP contribution in [0.3, 0.4) is 0 Å². The summed E-state index contributed by atoms with van der Waals surface area (Å²) in [4.78, 5) is 0. The van der Waals surface area contributed by atoms with Crippen molar-refractivity contribution in [1.29, 1.82) is 0 Å². The molecule has 0 fully saturated rings. The molecule has 1 aromatic rings. The lowest BCUT2D eigenvalue weighted by atomic mass is 10.2. The molecule has 1 atom stereocenters. The van der Waals surface area contributed by atoms with Gasteiger partial charge in [0.05, 0.1) is 13.2 Å². The van der Waals surface area contributed by atoms with Crippen LogP contribution in [0, 0.1) is 0 Å². The van der Waals surface area contributed by atoms with Crippen molar-refractivity contribution in [3.05, 3.63) is 29.8 Å². The normalized spacial score (nSPS) is 24.3. The number of para-hydroxylation sites is 1. The zero-order valence-corrected chi connectivity index (χ0v) is 9.41. The van der Waals surface area contributed by atoms with Crippen LogP contribution in [0.1, 0.15) is 18.9 Å². The van der Waals surface area contributed by atoms with Crippen molar-refractivity contribution in [2.45, 2.75) is 20.0 Å². The molecule has 15 heavy (non-hydrogen) atoms. The quantitative estimate of drug-likeness (QED) is 0.745. The first kappa shape index (κ1) is 10.7. The Hall–Kier alpha value is -0.830. The van der Waals surface area contributed by atoms with Gasteiger partial charge in [0.25, 0.3) is 0 Å². The summed E-state index contributed by atoms with van der Waals surface area (Å²) in [6, 6.07) is 7.35. The van der Waals surface area contributed by atoms with Crippen LogP contribution in [0.2, 0.25) is 0 Å². The summed E-state index contributed by atoms with van der Waals surface area (Å²) in [6.45, 7) is 2.58. The summed E-state index contributed by atoms with van der Waals surface area (Å²) in [5.74, 6) is 0.586. The van der Waals surface area contributed by atoms with Gasteiger partial charge in [0.2, 0.25) is 0 Å². The van der Waals surface area contributed by atoms with Crippen LogP contribution in [0.5, 0.6) is 5.75 Å². The first-order valence-corrected chi connectivity index (χ1v) is 6.36. The average molecular weight is 228 g/mol. The minimum atomic E-state index is -3.36. The van der Waals surface area contributed by atoms with Crippen molar-refractivity contribution >= 4 is 7.82 Å². The molecule has 4 nitrogen and oxygen atoms in total. The second-order valence-corrected chi connectivity index (χ2v) is 4.85. The third-order valence-corrected chi connectivity index (χ3v) is 3.38. The molecule has 0 bridgehead atoms. The lowest BCUT2D eigenvalue weighted by molar-refractivity contribution is 0.135. The average Bonchev–Trinajstić information content (AvgIpc) is 2.26. The molecule has 0 amide bonds. The SMILES string of the molecule is CCCOP1(=O)OCc2ccccc2O1.